The van der Waals surface area contributed by atoms with Gasteiger partial charge < -0.3 is 4.79 Å². The minimum atomic E-state index is -1.66. The first-order valence-electron chi connectivity index (χ1n) is 5.74. The molecule has 0 radical (unpaired) electrons. The molecule has 1 heterocycles. The Balaban J connectivity index is 2.16. The van der Waals surface area contributed by atoms with Crippen LogP contribution in [0.25, 0.3) is 0 Å². The van der Waals surface area contributed by atoms with Crippen molar-refractivity contribution in [3.8, 4) is 0 Å². The van der Waals surface area contributed by atoms with Crippen LogP contribution in [-0.4, -0.2) is 31.5 Å². The van der Waals surface area contributed by atoms with Gasteiger partial charge in [-0.1, -0.05) is 50.0 Å². The minimum Gasteiger partial charge on any atom is -0.304 e. The monoisotopic (exact) mass is 233 g/mol. The maximum atomic E-state index is 12.2. The van der Waals surface area contributed by atoms with Gasteiger partial charge in [-0.05, 0) is 12.6 Å². The SMILES string of the molecule is CN1[C@H](c2ccccc2)[C@@H]1C(=O)[Si](C)(C)C. The standard InChI is InChI=1S/C13H19NOSi/c1-14-11(10-8-6-5-7-9-10)12(14)13(15)16(2,3)4/h5-9,11-12H,1-4H3/t11-,12-,14?/m1/s1. The third-order valence-corrected chi connectivity index (χ3v) is 5.01. The van der Waals surface area contributed by atoms with Crippen LogP contribution in [0.2, 0.25) is 19.6 Å². The van der Waals surface area contributed by atoms with Crippen LogP contribution < -0.4 is 0 Å². The van der Waals surface area contributed by atoms with E-state index >= 15 is 0 Å². The maximum absolute atomic E-state index is 12.2. The first kappa shape index (κ1) is 11.5. The van der Waals surface area contributed by atoms with Gasteiger partial charge in [-0.25, -0.2) is 0 Å². The summed E-state index contributed by atoms with van der Waals surface area (Å²) in [4.78, 5) is 14.4. The summed E-state index contributed by atoms with van der Waals surface area (Å²) in [6.45, 7) is 6.39. The second kappa shape index (κ2) is 3.82. The van der Waals surface area contributed by atoms with Crippen LogP contribution in [0.3, 0.4) is 0 Å². The molecule has 0 saturated carbocycles. The third-order valence-electron chi connectivity index (χ3n) is 3.24. The van der Waals surface area contributed by atoms with Crippen molar-refractivity contribution in [2.24, 2.45) is 0 Å². The van der Waals surface area contributed by atoms with Gasteiger partial charge in [0.25, 0.3) is 0 Å². The molecule has 0 spiro atoms. The molecule has 86 valence electrons. The summed E-state index contributed by atoms with van der Waals surface area (Å²) in [5.41, 5.74) is 1.27. The molecule has 0 bridgehead atoms. The number of likely N-dealkylation sites (N-methyl/N-ethyl adjacent to an activating group) is 1. The van der Waals surface area contributed by atoms with E-state index in [4.69, 9.17) is 0 Å². The highest BCUT2D eigenvalue weighted by atomic mass is 28.3. The molecule has 1 aromatic carbocycles. The van der Waals surface area contributed by atoms with E-state index in [9.17, 15) is 4.79 Å². The van der Waals surface area contributed by atoms with Crippen molar-refractivity contribution in [3.05, 3.63) is 35.9 Å². The zero-order chi connectivity index (χ0) is 11.9. The van der Waals surface area contributed by atoms with Gasteiger partial charge in [0.05, 0.1) is 12.1 Å². The van der Waals surface area contributed by atoms with Crippen LogP contribution in [0.4, 0.5) is 0 Å². The summed E-state index contributed by atoms with van der Waals surface area (Å²) in [5.74, 6) is 0. The average Bonchev–Trinajstić information content (AvgIpc) is 2.88. The fourth-order valence-electron chi connectivity index (χ4n) is 2.18. The highest BCUT2D eigenvalue weighted by Crippen LogP contribution is 2.42. The average molecular weight is 233 g/mol. The van der Waals surface area contributed by atoms with Gasteiger partial charge in [-0.3, -0.25) is 4.90 Å². The van der Waals surface area contributed by atoms with E-state index in [1.807, 2.05) is 25.2 Å². The molecular formula is C13H19NOSi. The summed E-state index contributed by atoms with van der Waals surface area (Å²) in [7, 11) is 0.384. The molecule has 1 aromatic rings. The van der Waals surface area contributed by atoms with Crippen LogP contribution >= 0.6 is 0 Å². The van der Waals surface area contributed by atoms with E-state index in [-0.39, 0.29) is 6.04 Å². The second-order valence-electron chi connectivity index (χ2n) is 5.58. The van der Waals surface area contributed by atoms with Crippen LogP contribution in [0, 0.1) is 0 Å². The molecule has 3 atom stereocenters. The van der Waals surface area contributed by atoms with Gasteiger partial charge in [0.15, 0.2) is 0 Å². The largest absolute Gasteiger partial charge is 0.304 e. The van der Waals surface area contributed by atoms with Gasteiger partial charge >= 0.3 is 0 Å². The highest BCUT2D eigenvalue weighted by molar-refractivity contribution is 7.04. The Morgan fingerprint density at radius 1 is 1.19 bits per heavy atom. The lowest BCUT2D eigenvalue weighted by atomic mass is 10.1. The molecule has 1 fully saturated rings. The number of benzene rings is 1. The van der Waals surface area contributed by atoms with Crippen molar-refractivity contribution in [1.29, 1.82) is 0 Å². The summed E-state index contributed by atoms with van der Waals surface area (Å²) >= 11 is 0. The van der Waals surface area contributed by atoms with Crippen molar-refractivity contribution in [2.45, 2.75) is 31.7 Å². The quantitative estimate of drug-likeness (QED) is 0.590. The molecule has 3 heteroatoms. The molecule has 0 aliphatic carbocycles. The lowest BCUT2D eigenvalue weighted by Crippen LogP contribution is -2.38. The Morgan fingerprint density at radius 3 is 2.25 bits per heavy atom. The summed E-state index contributed by atoms with van der Waals surface area (Å²) in [5, 5.41) is 0.476. The topological polar surface area (TPSA) is 20.1 Å². The Bertz CT molecular complexity index is 396. The maximum Gasteiger partial charge on any atom is 0.129 e. The van der Waals surface area contributed by atoms with Gasteiger partial charge in [0.2, 0.25) is 0 Å². The van der Waals surface area contributed by atoms with Gasteiger partial charge in [0, 0.05) is 0 Å². The van der Waals surface area contributed by atoms with E-state index in [1.165, 1.54) is 5.56 Å². The number of carbonyl (C=O) groups excluding carboxylic acids is 1. The summed E-state index contributed by atoms with van der Waals surface area (Å²) in [6.07, 6.45) is 0. The van der Waals surface area contributed by atoms with Crippen LogP contribution in [0.15, 0.2) is 30.3 Å². The Morgan fingerprint density at radius 2 is 1.75 bits per heavy atom. The third kappa shape index (κ3) is 1.97. The Hall–Kier alpha value is -0.933. The molecule has 0 aromatic heterocycles. The highest BCUT2D eigenvalue weighted by Gasteiger charge is 2.52. The second-order valence-corrected chi connectivity index (χ2v) is 10.6. The predicted molar refractivity (Wildman–Crippen MR) is 69.1 cm³/mol. The van der Waals surface area contributed by atoms with Crippen molar-refractivity contribution in [3.63, 3.8) is 0 Å². The molecule has 1 aliphatic heterocycles. The smallest absolute Gasteiger partial charge is 0.129 e. The normalized spacial score (nSPS) is 28.9. The number of hydrogen-bond acceptors (Lipinski definition) is 2. The van der Waals surface area contributed by atoms with Gasteiger partial charge in [-0.15, -0.1) is 0 Å². The minimum absolute atomic E-state index is 0.133. The molecule has 1 aliphatic rings. The van der Waals surface area contributed by atoms with E-state index in [2.05, 4.69) is 36.7 Å². The van der Waals surface area contributed by atoms with Crippen molar-refractivity contribution in [1.82, 2.24) is 4.90 Å². The number of rotatable bonds is 3. The molecule has 0 N–H and O–H groups in total. The molecule has 2 rings (SSSR count). The van der Waals surface area contributed by atoms with Crippen molar-refractivity contribution in [2.75, 3.05) is 7.05 Å². The first-order valence-corrected chi connectivity index (χ1v) is 9.24. The fourth-order valence-corrected chi connectivity index (χ4v) is 3.43. The van der Waals surface area contributed by atoms with Gasteiger partial charge in [0.1, 0.15) is 13.5 Å². The molecule has 1 unspecified atom stereocenters. The Labute approximate surface area is 98.3 Å². The van der Waals surface area contributed by atoms with Crippen LogP contribution in [-0.2, 0) is 4.79 Å². The molecule has 2 nitrogen and oxygen atoms in total. The zero-order valence-corrected chi connectivity index (χ0v) is 11.4. The lowest BCUT2D eigenvalue weighted by molar-refractivity contribution is -0.112. The molecule has 1 saturated heterocycles. The summed E-state index contributed by atoms with van der Waals surface area (Å²) in [6, 6.07) is 10.8. The first-order chi connectivity index (χ1) is 7.43. The van der Waals surface area contributed by atoms with E-state index in [0.717, 1.165) is 0 Å². The summed E-state index contributed by atoms with van der Waals surface area (Å²) < 4.78 is 0. The predicted octanol–water partition coefficient (Wildman–Crippen LogP) is 2.49. The number of hydrogen-bond donors (Lipinski definition) is 0. The van der Waals surface area contributed by atoms with E-state index in [0.29, 0.717) is 11.4 Å². The van der Waals surface area contributed by atoms with Crippen LogP contribution in [0.1, 0.15) is 11.6 Å². The van der Waals surface area contributed by atoms with Crippen molar-refractivity contribution >= 4 is 13.5 Å². The number of nitrogens with zero attached hydrogens (tertiary/aromatic N) is 1. The van der Waals surface area contributed by atoms with Gasteiger partial charge in [-0.2, -0.15) is 0 Å². The fraction of sp³-hybridized carbons (Fsp3) is 0.462. The van der Waals surface area contributed by atoms with E-state index in [1.54, 1.807) is 0 Å². The van der Waals surface area contributed by atoms with Crippen LogP contribution in [0.5, 0.6) is 0 Å². The Kier molecular flexibility index (Phi) is 2.76. The van der Waals surface area contributed by atoms with Crippen molar-refractivity contribution < 1.29 is 4.79 Å². The molecule has 0 amide bonds. The molecule has 16 heavy (non-hydrogen) atoms. The number of carbonyl (C=O) groups is 1. The molecular weight excluding hydrogens is 214 g/mol. The lowest BCUT2D eigenvalue weighted by Gasteiger charge is -2.13. The van der Waals surface area contributed by atoms with E-state index < -0.39 is 8.07 Å². The zero-order valence-electron chi connectivity index (χ0n) is 10.4.